The van der Waals surface area contributed by atoms with Gasteiger partial charge in [-0.05, 0) is 37.7 Å². The van der Waals surface area contributed by atoms with Crippen LogP contribution in [0.25, 0.3) is 0 Å². The highest BCUT2D eigenvalue weighted by molar-refractivity contribution is 5.98. The second kappa shape index (κ2) is 9.49. The van der Waals surface area contributed by atoms with Gasteiger partial charge in [0, 0.05) is 6.92 Å². The minimum absolute atomic E-state index is 0.0498. The van der Waals surface area contributed by atoms with Crippen LogP contribution in [0, 0.1) is 0 Å². The van der Waals surface area contributed by atoms with E-state index in [0.717, 1.165) is 0 Å². The maximum Gasteiger partial charge on any atom is 0.347 e. The maximum absolute atomic E-state index is 12.5. The van der Waals surface area contributed by atoms with Gasteiger partial charge < -0.3 is 14.2 Å². The van der Waals surface area contributed by atoms with E-state index in [9.17, 15) is 14.4 Å². The van der Waals surface area contributed by atoms with E-state index in [2.05, 4.69) is 5.32 Å². The van der Waals surface area contributed by atoms with Crippen LogP contribution < -0.4 is 14.8 Å². The molecular weight excluding hydrogens is 350 g/mol. The zero-order valence-electron chi connectivity index (χ0n) is 15.4. The summed E-state index contributed by atoms with van der Waals surface area (Å²) in [7, 11) is 0. The van der Waals surface area contributed by atoms with Crippen LogP contribution in [0.15, 0.2) is 48.5 Å². The van der Waals surface area contributed by atoms with Gasteiger partial charge in [-0.15, -0.1) is 0 Å². The van der Waals surface area contributed by atoms with Gasteiger partial charge in [0.15, 0.2) is 6.23 Å². The van der Waals surface area contributed by atoms with Gasteiger partial charge in [0.25, 0.3) is 0 Å². The van der Waals surface area contributed by atoms with Gasteiger partial charge in [-0.25, -0.2) is 9.59 Å². The molecule has 0 saturated heterocycles. The maximum atomic E-state index is 12.5. The largest absolute Gasteiger partial charge is 0.443 e. The number of esters is 3. The number of carbonyl (C=O) groups is 3. The van der Waals surface area contributed by atoms with Crippen molar-refractivity contribution >= 4 is 17.9 Å². The molecule has 0 aliphatic heterocycles. The third kappa shape index (κ3) is 5.65. The van der Waals surface area contributed by atoms with Crippen LogP contribution >= 0.6 is 0 Å². The summed E-state index contributed by atoms with van der Waals surface area (Å²) in [6.45, 7) is 5.46. The van der Waals surface area contributed by atoms with Crippen LogP contribution in [0.4, 0.5) is 0 Å². The van der Waals surface area contributed by atoms with Crippen molar-refractivity contribution < 1.29 is 28.6 Å². The normalized spacial score (nSPS) is 11.4. The molecular formula is C20H21NO6. The van der Waals surface area contributed by atoms with Gasteiger partial charge >= 0.3 is 17.9 Å². The first-order valence-corrected chi connectivity index (χ1v) is 8.45. The molecule has 0 radical (unpaired) electrons. The summed E-state index contributed by atoms with van der Waals surface area (Å²) >= 11 is 0. The van der Waals surface area contributed by atoms with Crippen LogP contribution in [-0.4, -0.2) is 30.7 Å². The molecule has 0 heterocycles. The van der Waals surface area contributed by atoms with E-state index in [-0.39, 0.29) is 22.6 Å². The summed E-state index contributed by atoms with van der Waals surface area (Å²) in [4.78, 5) is 36.1. The first-order valence-electron chi connectivity index (χ1n) is 8.45. The molecule has 0 bridgehead atoms. The van der Waals surface area contributed by atoms with Crippen molar-refractivity contribution in [2.75, 3.05) is 6.54 Å². The lowest BCUT2D eigenvalue weighted by Crippen LogP contribution is -2.31. The van der Waals surface area contributed by atoms with E-state index in [0.29, 0.717) is 6.54 Å². The Morgan fingerprint density at radius 1 is 0.889 bits per heavy atom. The summed E-state index contributed by atoms with van der Waals surface area (Å²) in [6.07, 6.45) is -0.490. The summed E-state index contributed by atoms with van der Waals surface area (Å²) in [5, 5.41) is 2.96. The Hall–Kier alpha value is -3.19. The van der Waals surface area contributed by atoms with E-state index in [1.54, 1.807) is 31.2 Å². The third-order valence-electron chi connectivity index (χ3n) is 3.45. The molecule has 2 rings (SSSR count). The fourth-order valence-electron chi connectivity index (χ4n) is 2.31. The lowest BCUT2D eigenvalue weighted by Gasteiger charge is -2.15. The molecule has 0 spiro atoms. The number of rotatable bonds is 7. The molecule has 27 heavy (non-hydrogen) atoms. The topological polar surface area (TPSA) is 90.9 Å². The van der Waals surface area contributed by atoms with Crippen molar-refractivity contribution in [2.45, 2.75) is 27.0 Å². The number of carbonyl (C=O) groups excluding carboxylic acids is 3. The molecule has 142 valence electrons. The Labute approximate surface area is 157 Å². The summed E-state index contributed by atoms with van der Waals surface area (Å²) in [5.41, 5.74) is 0.178. The SMILES string of the molecule is CCNC(C)OC(=O)c1ccccc1OC(=O)c1ccccc1OC(C)=O. The van der Waals surface area contributed by atoms with Crippen molar-refractivity contribution in [2.24, 2.45) is 0 Å². The van der Waals surface area contributed by atoms with Crippen LogP contribution in [0.1, 0.15) is 41.5 Å². The highest BCUT2D eigenvalue weighted by Crippen LogP contribution is 2.24. The Balaban J connectivity index is 2.22. The fraction of sp³-hybridized carbons (Fsp3) is 0.250. The van der Waals surface area contributed by atoms with E-state index >= 15 is 0 Å². The molecule has 0 amide bonds. The zero-order chi connectivity index (χ0) is 19.8. The molecule has 7 nitrogen and oxygen atoms in total. The lowest BCUT2D eigenvalue weighted by atomic mass is 10.2. The lowest BCUT2D eigenvalue weighted by molar-refractivity contribution is -0.131. The van der Waals surface area contributed by atoms with Crippen LogP contribution in [0.5, 0.6) is 11.5 Å². The number of hydrogen-bond donors (Lipinski definition) is 1. The molecule has 0 aliphatic carbocycles. The molecule has 2 aromatic carbocycles. The predicted octanol–water partition coefficient (Wildman–Crippen LogP) is 2.94. The Kier molecular flexibility index (Phi) is 7.08. The minimum Gasteiger partial charge on any atom is -0.443 e. The number of nitrogens with one attached hydrogen (secondary N) is 1. The number of hydrogen-bond acceptors (Lipinski definition) is 7. The van der Waals surface area contributed by atoms with Crippen molar-refractivity contribution in [3.8, 4) is 11.5 Å². The minimum atomic E-state index is -0.758. The second-order valence-corrected chi connectivity index (χ2v) is 5.58. The smallest absolute Gasteiger partial charge is 0.347 e. The molecule has 7 heteroatoms. The molecule has 2 aromatic rings. The Morgan fingerprint density at radius 2 is 1.41 bits per heavy atom. The average molecular weight is 371 g/mol. The highest BCUT2D eigenvalue weighted by Gasteiger charge is 2.21. The number of benzene rings is 2. The van der Waals surface area contributed by atoms with Crippen LogP contribution in [-0.2, 0) is 9.53 Å². The van der Waals surface area contributed by atoms with E-state index in [1.807, 2.05) is 6.92 Å². The van der Waals surface area contributed by atoms with Gasteiger partial charge in [-0.1, -0.05) is 31.2 Å². The predicted molar refractivity (Wildman–Crippen MR) is 97.7 cm³/mol. The van der Waals surface area contributed by atoms with Gasteiger partial charge in [-0.3, -0.25) is 10.1 Å². The van der Waals surface area contributed by atoms with Gasteiger partial charge in [0.2, 0.25) is 0 Å². The first kappa shape index (κ1) is 20.1. The van der Waals surface area contributed by atoms with Gasteiger partial charge in [0.05, 0.1) is 0 Å². The monoisotopic (exact) mass is 371 g/mol. The summed E-state index contributed by atoms with van der Waals surface area (Å²) < 4.78 is 15.7. The third-order valence-corrected chi connectivity index (χ3v) is 3.45. The van der Waals surface area contributed by atoms with Crippen molar-refractivity contribution in [1.29, 1.82) is 0 Å². The summed E-state index contributed by atoms with van der Waals surface area (Å²) in [6, 6.07) is 12.4. The van der Waals surface area contributed by atoms with E-state index in [4.69, 9.17) is 14.2 Å². The highest BCUT2D eigenvalue weighted by atomic mass is 16.6. The number of para-hydroxylation sites is 2. The fourth-order valence-corrected chi connectivity index (χ4v) is 2.31. The van der Waals surface area contributed by atoms with Gasteiger partial charge in [-0.2, -0.15) is 0 Å². The summed E-state index contributed by atoms with van der Waals surface area (Å²) in [5.74, 6) is -1.81. The van der Waals surface area contributed by atoms with Crippen molar-refractivity contribution in [3.05, 3.63) is 59.7 Å². The molecule has 0 aromatic heterocycles. The average Bonchev–Trinajstić information content (AvgIpc) is 2.62. The van der Waals surface area contributed by atoms with E-state index < -0.39 is 24.1 Å². The second-order valence-electron chi connectivity index (χ2n) is 5.58. The van der Waals surface area contributed by atoms with E-state index in [1.165, 1.54) is 31.2 Å². The Bertz CT molecular complexity index is 833. The Morgan fingerprint density at radius 3 is 1.96 bits per heavy atom. The molecule has 1 unspecified atom stereocenters. The molecule has 1 N–H and O–H groups in total. The van der Waals surface area contributed by atoms with Gasteiger partial charge in [0.1, 0.15) is 22.6 Å². The van der Waals surface area contributed by atoms with Crippen molar-refractivity contribution in [1.82, 2.24) is 5.32 Å². The van der Waals surface area contributed by atoms with Crippen molar-refractivity contribution in [3.63, 3.8) is 0 Å². The number of ether oxygens (including phenoxy) is 3. The molecule has 0 aliphatic rings. The van der Waals surface area contributed by atoms with Crippen LogP contribution in [0.2, 0.25) is 0 Å². The molecule has 1 atom stereocenters. The van der Waals surface area contributed by atoms with Crippen LogP contribution in [0.3, 0.4) is 0 Å². The standard InChI is InChI=1S/C20H21NO6/c1-4-21-13(2)25-19(23)16-10-6-8-12-18(16)27-20(24)15-9-5-7-11-17(15)26-14(3)22/h5-13,21H,4H2,1-3H3. The molecule has 0 saturated carbocycles. The molecule has 0 fully saturated rings. The quantitative estimate of drug-likeness (QED) is 0.454. The zero-order valence-corrected chi connectivity index (χ0v) is 15.4. The first-order chi connectivity index (χ1) is 12.9.